The Bertz CT molecular complexity index is 284. The summed E-state index contributed by atoms with van der Waals surface area (Å²) < 4.78 is 10.5. The van der Waals surface area contributed by atoms with Crippen molar-refractivity contribution in [2.24, 2.45) is 11.8 Å². The molecule has 4 nitrogen and oxygen atoms in total. The van der Waals surface area contributed by atoms with E-state index in [0.717, 1.165) is 0 Å². The summed E-state index contributed by atoms with van der Waals surface area (Å²) >= 11 is 0. The van der Waals surface area contributed by atoms with Crippen molar-refractivity contribution in [1.29, 1.82) is 0 Å². The van der Waals surface area contributed by atoms with E-state index in [-0.39, 0.29) is 11.8 Å². The second-order valence-corrected chi connectivity index (χ2v) is 5.79. The normalized spacial score (nSPS) is 12.7. The van der Waals surface area contributed by atoms with Crippen LogP contribution in [0.1, 0.15) is 54.9 Å². The van der Waals surface area contributed by atoms with Crippen LogP contribution in [0.25, 0.3) is 0 Å². The van der Waals surface area contributed by atoms with Crippen LogP contribution in [0.15, 0.2) is 0 Å². The van der Waals surface area contributed by atoms with E-state index >= 15 is 0 Å². The van der Waals surface area contributed by atoms with Gasteiger partial charge in [-0.15, -0.1) is 0 Å². The molecule has 0 N–H and O–H groups in total. The molecule has 0 atom stereocenters. The molecule has 0 fully saturated rings. The maximum Gasteiger partial charge on any atom is 0.418 e. The number of ether oxygens (including phenoxy) is 2. The number of esters is 1. The Balaban J connectivity index is 5.31. The van der Waals surface area contributed by atoms with Gasteiger partial charge in [0, 0.05) is 11.8 Å². The molecule has 0 rings (SSSR count). The van der Waals surface area contributed by atoms with Gasteiger partial charge in [0.25, 0.3) is 0 Å². The molecule has 0 aromatic carbocycles. The zero-order valence-electron chi connectivity index (χ0n) is 12.5. The SMILES string of the molecule is CCC(C)(C)OC(=O)C(O[C]=O)(C(C)C)C(C)C. The van der Waals surface area contributed by atoms with Gasteiger partial charge in [-0.1, -0.05) is 34.6 Å². The van der Waals surface area contributed by atoms with Gasteiger partial charge in [0.15, 0.2) is 0 Å². The van der Waals surface area contributed by atoms with Crippen molar-refractivity contribution < 1.29 is 19.1 Å². The highest BCUT2D eigenvalue weighted by atomic mass is 16.6. The highest BCUT2D eigenvalue weighted by molar-refractivity contribution is 5.82. The van der Waals surface area contributed by atoms with E-state index in [0.29, 0.717) is 6.42 Å². The number of carbonyl (C=O) groups is 1. The Morgan fingerprint density at radius 1 is 1.17 bits per heavy atom. The monoisotopic (exact) mass is 257 g/mol. The molecule has 0 aliphatic heterocycles. The van der Waals surface area contributed by atoms with Crippen LogP contribution in [-0.4, -0.2) is 23.6 Å². The molecule has 0 bridgehead atoms. The number of carbonyl (C=O) groups excluding carboxylic acids is 2. The highest BCUT2D eigenvalue weighted by Gasteiger charge is 2.50. The van der Waals surface area contributed by atoms with Crippen molar-refractivity contribution in [2.75, 3.05) is 0 Å². The van der Waals surface area contributed by atoms with E-state index in [4.69, 9.17) is 9.47 Å². The molecule has 0 heterocycles. The topological polar surface area (TPSA) is 52.6 Å². The van der Waals surface area contributed by atoms with Crippen molar-refractivity contribution in [3.8, 4) is 0 Å². The number of hydrogen-bond acceptors (Lipinski definition) is 4. The van der Waals surface area contributed by atoms with Crippen molar-refractivity contribution in [1.82, 2.24) is 0 Å². The second-order valence-electron chi connectivity index (χ2n) is 5.79. The largest absolute Gasteiger partial charge is 0.457 e. The summed E-state index contributed by atoms with van der Waals surface area (Å²) in [5.74, 6) is -0.860. The minimum absolute atomic E-state index is 0.181. The maximum absolute atomic E-state index is 12.4. The molecular formula is C14H25O4. The standard InChI is InChI=1S/C14H25O4/c1-8-13(6,7)18-12(16)14(10(2)3,11(4)5)17-9-15/h10-11H,8H2,1-7H3. The minimum Gasteiger partial charge on any atom is -0.457 e. The Labute approximate surface area is 110 Å². The van der Waals surface area contributed by atoms with Gasteiger partial charge in [-0.3, -0.25) is 0 Å². The van der Waals surface area contributed by atoms with E-state index in [1.54, 1.807) is 0 Å². The number of rotatable bonds is 7. The molecule has 18 heavy (non-hydrogen) atoms. The highest BCUT2D eigenvalue weighted by Crippen LogP contribution is 2.33. The predicted molar refractivity (Wildman–Crippen MR) is 69.6 cm³/mol. The summed E-state index contributed by atoms with van der Waals surface area (Å²) in [7, 11) is 0. The zero-order valence-corrected chi connectivity index (χ0v) is 12.5. The van der Waals surface area contributed by atoms with Crippen molar-refractivity contribution in [3.63, 3.8) is 0 Å². The molecule has 105 valence electrons. The number of hydrogen-bond donors (Lipinski definition) is 0. The van der Waals surface area contributed by atoms with Crippen LogP contribution in [0.3, 0.4) is 0 Å². The van der Waals surface area contributed by atoms with Gasteiger partial charge in [-0.2, -0.15) is 0 Å². The van der Waals surface area contributed by atoms with Crippen LogP contribution >= 0.6 is 0 Å². The molecule has 0 aromatic rings. The summed E-state index contributed by atoms with van der Waals surface area (Å²) in [6.45, 7) is 14.3. The quantitative estimate of drug-likeness (QED) is 0.658. The average molecular weight is 257 g/mol. The molecule has 0 spiro atoms. The first-order chi connectivity index (χ1) is 8.14. The van der Waals surface area contributed by atoms with Crippen LogP contribution in [0.2, 0.25) is 0 Å². The predicted octanol–water partition coefficient (Wildman–Crippen LogP) is 2.85. The smallest absolute Gasteiger partial charge is 0.418 e. The Morgan fingerprint density at radius 3 is 1.89 bits per heavy atom. The molecule has 0 aliphatic rings. The first-order valence-electron chi connectivity index (χ1n) is 6.42. The first kappa shape index (κ1) is 16.9. The molecule has 0 aromatic heterocycles. The van der Waals surface area contributed by atoms with Crippen molar-refractivity contribution >= 4 is 12.4 Å². The lowest BCUT2D eigenvalue weighted by atomic mass is 9.80. The third-order valence-corrected chi connectivity index (χ3v) is 3.47. The third kappa shape index (κ3) is 3.47. The van der Waals surface area contributed by atoms with Crippen LogP contribution < -0.4 is 0 Å². The van der Waals surface area contributed by atoms with E-state index < -0.39 is 17.2 Å². The summed E-state index contributed by atoms with van der Waals surface area (Å²) in [6.07, 6.45) is 0.690. The molecule has 4 heteroatoms. The minimum atomic E-state index is -1.27. The lowest BCUT2D eigenvalue weighted by Gasteiger charge is -2.38. The van der Waals surface area contributed by atoms with Gasteiger partial charge in [0.2, 0.25) is 5.60 Å². The van der Waals surface area contributed by atoms with E-state index in [1.165, 1.54) is 6.47 Å². The van der Waals surface area contributed by atoms with Gasteiger partial charge in [-0.25, -0.2) is 9.59 Å². The van der Waals surface area contributed by atoms with Crippen LogP contribution in [0.5, 0.6) is 0 Å². The lowest BCUT2D eigenvalue weighted by Crippen LogP contribution is -2.53. The van der Waals surface area contributed by atoms with Gasteiger partial charge in [-0.05, 0) is 20.3 Å². The maximum atomic E-state index is 12.4. The molecule has 0 saturated carbocycles. The first-order valence-corrected chi connectivity index (χ1v) is 6.42. The van der Waals surface area contributed by atoms with Gasteiger partial charge < -0.3 is 9.47 Å². The zero-order chi connectivity index (χ0) is 14.6. The van der Waals surface area contributed by atoms with Crippen molar-refractivity contribution in [2.45, 2.75) is 66.1 Å². The summed E-state index contributed by atoms with van der Waals surface area (Å²) in [6, 6.07) is 0. The summed E-state index contributed by atoms with van der Waals surface area (Å²) in [5.41, 5.74) is -1.84. The van der Waals surface area contributed by atoms with Crippen LogP contribution in [0, 0.1) is 11.8 Å². The molecule has 0 unspecified atom stereocenters. The van der Waals surface area contributed by atoms with E-state index in [9.17, 15) is 9.59 Å². The van der Waals surface area contributed by atoms with Gasteiger partial charge in [0.1, 0.15) is 5.60 Å². The second kappa shape index (κ2) is 6.21. The third-order valence-electron chi connectivity index (χ3n) is 3.47. The van der Waals surface area contributed by atoms with Crippen molar-refractivity contribution in [3.05, 3.63) is 0 Å². The fraction of sp³-hybridized carbons (Fsp3) is 0.857. The summed E-state index contributed by atoms with van der Waals surface area (Å²) in [4.78, 5) is 23.0. The van der Waals surface area contributed by atoms with Crippen LogP contribution in [0.4, 0.5) is 0 Å². The van der Waals surface area contributed by atoms with Gasteiger partial charge in [0.05, 0.1) is 0 Å². The van der Waals surface area contributed by atoms with Gasteiger partial charge >= 0.3 is 12.4 Å². The molecule has 1 radical (unpaired) electrons. The Morgan fingerprint density at radius 2 is 1.61 bits per heavy atom. The van der Waals surface area contributed by atoms with Crippen LogP contribution in [-0.2, 0) is 19.1 Å². The molecular weight excluding hydrogens is 232 g/mol. The summed E-state index contributed by atoms with van der Waals surface area (Å²) in [5, 5.41) is 0. The lowest BCUT2D eigenvalue weighted by molar-refractivity contribution is -0.187. The molecule has 0 amide bonds. The average Bonchev–Trinajstić information content (AvgIpc) is 2.23. The molecule has 0 aliphatic carbocycles. The Kier molecular flexibility index (Phi) is 5.84. The Hall–Kier alpha value is -1.06. The fourth-order valence-electron chi connectivity index (χ4n) is 1.89. The van der Waals surface area contributed by atoms with E-state index in [1.807, 2.05) is 48.5 Å². The van der Waals surface area contributed by atoms with E-state index in [2.05, 4.69) is 0 Å². The fourth-order valence-corrected chi connectivity index (χ4v) is 1.89. The molecule has 0 saturated heterocycles.